The number of rotatable bonds is 4. The highest BCUT2D eigenvalue weighted by atomic mass is 19.1. The van der Waals surface area contributed by atoms with Gasteiger partial charge in [-0.3, -0.25) is 9.59 Å². The first-order valence-electron chi connectivity index (χ1n) is 10.6. The van der Waals surface area contributed by atoms with Crippen LogP contribution in [0.3, 0.4) is 0 Å². The van der Waals surface area contributed by atoms with E-state index in [9.17, 15) is 14.0 Å². The molecule has 1 aromatic heterocycles. The van der Waals surface area contributed by atoms with E-state index in [0.717, 1.165) is 16.8 Å². The van der Waals surface area contributed by atoms with Gasteiger partial charge in [0.1, 0.15) is 12.4 Å². The van der Waals surface area contributed by atoms with Crippen LogP contribution in [0.4, 0.5) is 4.39 Å². The number of hydrogen-bond donors (Lipinski definition) is 0. The van der Waals surface area contributed by atoms with Crippen molar-refractivity contribution in [2.75, 3.05) is 13.1 Å². The summed E-state index contributed by atoms with van der Waals surface area (Å²) >= 11 is 0. The molecule has 7 heteroatoms. The van der Waals surface area contributed by atoms with Gasteiger partial charge in [-0.2, -0.15) is 9.78 Å². The first kappa shape index (κ1) is 23.0. The zero-order chi connectivity index (χ0) is 23.1. The molecule has 168 valence electrons. The maximum absolute atomic E-state index is 13.2. The molecule has 31 heavy (non-hydrogen) atoms. The SMILES string of the molecule is Cc1c(C2CN(C(=O)C(C)(C)C)C2)nn(C(=O)C(C)(C)C)c1OCc1ccc(F)cc1. The molecule has 1 aliphatic heterocycles. The maximum atomic E-state index is 13.2. The van der Waals surface area contributed by atoms with Gasteiger partial charge in [-0.1, -0.05) is 53.7 Å². The monoisotopic (exact) mass is 429 g/mol. The number of nitrogens with zero attached hydrogens (tertiary/aromatic N) is 3. The molecule has 1 amide bonds. The number of benzene rings is 1. The van der Waals surface area contributed by atoms with Crippen LogP contribution >= 0.6 is 0 Å². The van der Waals surface area contributed by atoms with Crippen LogP contribution in [0.15, 0.2) is 24.3 Å². The third-order valence-corrected chi connectivity index (χ3v) is 5.42. The van der Waals surface area contributed by atoms with Gasteiger partial charge in [0.2, 0.25) is 11.8 Å². The van der Waals surface area contributed by atoms with E-state index in [1.807, 2.05) is 53.4 Å². The molecule has 3 rings (SSSR count). The molecule has 2 aromatic rings. The van der Waals surface area contributed by atoms with E-state index < -0.39 is 10.8 Å². The van der Waals surface area contributed by atoms with E-state index in [0.29, 0.717) is 19.0 Å². The molecule has 1 aromatic carbocycles. The normalized spacial score (nSPS) is 15.0. The van der Waals surface area contributed by atoms with Crippen molar-refractivity contribution in [3.8, 4) is 5.88 Å². The summed E-state index contributed by atoms with van der Waals surface area (Å²) in [5.74, 6) is 0.0974. The molecule has 0 saturated carbocycles. The molecule has 1 aliphatic rings. The number of ether oxygens (including phenoxy) is 1. The molecular formula is C24H32FN3O3. The summed E-state index contributed by atoms with van der Waals surface area (Å²) in [5.41, 5.74) is 1.31. The third kappa shape index (κ3) is 4.81. The van der Waals surface area contributed by atoms with Crippen LogP contribution in [-0.2, 0) is 11.4 Å². The highest BCUT2D eigenvalue weighted by molar-refractivity contribution is 5.85. The van der Waals surface area contributed by atoms with Crippen molar-refractivity contribution in [3.63, 3.8) is 0 Å². The lowest BCUT2D eigenvalue weighted by Gasteiger charge is -2.41. The summed E-state index contributed by atoms with van der Waals surface area (Å²) in [6, 6.07) is 6.06. The van der Waals surface area contributed by atoms with Crippen molar-refractivity contribution in [1.29, 1.82) is 0 Å². The summed E-state index contributed by atoms with van der Waals surface area (Å²) in [6.45, 7) is 14.5. The van der Waals surface area contributed by atoms with E-state index in [1.165, 1.54) is 16.8 Å². The first-order chi connectivity index (χ1) is 14.3. The molecular weight excluding hydrogens is 397 g/mol. The largest absolute Gasteiger partial charge is 0.472 e. The van der Waals surface area contributed by atoms with Gasteiger partial charge in [0, 0.05) is 35.4 Å². The van der Waals surface area contributed by atoms with Crippen LogP contribution in [-0.4, -0.2) is 39.6 Å². The fraction of sp³-hybridized carbons (Fsp3) is 0.542. The van der Waals surface area contributed by atoms with Gasteiger partial charge in [-0.25, -0.2) is 4.39 Å². The van der Waals surface area contributed by atoms with Crippen LogP contribution in [0.25, 0.3) is 0 Å². The Morgan fingerprint density at radius 1 is 1.03 bits per heavy atom. The third-order valence-electron chi connectivity index (χ3n) is 5.42. The van der Waals surface area contributed by atoms with Gasteiger partial charge < -0.3 is 9.64 Å². The average Bonchev–Trinajstić information content (AvgIpc) is 2.94. The van der Waals surface area contributed by atoms with E-state index in [1.54, 1.807) is 12.1 Å². The Labute approximate surface area is 183 Å². The Balaban J connectivity index is 1.85. The molecule has 0 N–H and O–H groups in total. The lowest BCUT2D eigenvalue weighted by molar-refractivity contribution is -0.144. The minimum Gasteiger partial charge on any atom is -0.472 e. The van der Waals surface area contributed by atoms with E-state index in [2.05, 4.69) is 5.10 Å². The molecule has 1 fully saturated rings. The van der Waals surface area contributed by atoms with Gasteiger partial charge in [0.15, 0.2) is 0 Å². The minimum absolute atomic E-state index is 0.0634. The average molecular weight is 430 g/mol. The molecule has 0 unspecified atom stereocenters. The second kappa shape index (κ2) is 8.09. The Hall–Kier alpha value is -2.70. The first-order valence-corrected chi connectivity index (χ1v) is 10.6. The lowest BCUT2D eigenvalue weighted by atomic mass is 9.88. The van der Waals surface area contributed by atoms with Gasteiger partial charge in [0.05, 0.1) is 5.69 Å². The van der Waals surface area contributed by atoms with Gasteiger partial charge >= 0.3 is 0 Å². The van der Waals surface area contributed by atoms with Crippen LogP contribution < -0.4 is 4.74 Å². The van der Waals surface area contributed by atoms with Crippen LogP contribution in [0.2, 0.25) is 0 Å². The quantitative estimate of drug-likeness (QED) is 0.714. The van der Waals surface area contributed by atoms with E-state index in [4.69, 9.17) is 4.74 Å². The molecule has 0 radical (unpaired) electrons. The highest BCUT2D eigenvalue weighted by Gasteiger charge is 2.40. The van der Waals surface area contributed by atoms with Crippen LogP contribution in [0, 0.1) is 23.6 Å². The summed E-state index contributed by atoms with van der Waals surface area (Å²) in [5, 5.41) is 4.62. The van der Waals surface area contributed by atoms with Crippen molar-refractivity contribution in [1.82, 2.24) is 14.7 Å². The smallest absolute Gasteiger partial charge is 0.255 e. The van der Waals surface area contributed by atoms with Crippen molar-refractivity contribution in [2.24, 2.45) is 10.8 Å². The van der Waals surface area contributed by atoms with E-state index >= 15 is 0 Å². The Morgan fingerprint density at radius 3 is 2.10 bits per heavy atom. The molecule has 0 aliphatic carbocycles. The molecule has 0 spiro atoms. The molecule has 1 saturated heterocycles. The Bertz CT molecular complexity index is 975. The Morgan fingerprint density at radius 2 is 1.58 bits per heavy atom. The fourth-order valence-electron chi connectivity index (χ4n) is 3.53. The zero-order valence-corrected chi connectivity index (χ0v) is 19.5. The number of likely N-dealkylation sites (tertiary alicyclic amines) is 1. The number of aromatic nitrogens is 2. The van der Waals surface area contributed by atoms with Gasteiger partial charge in [0.25, 0.3) is 5.91 Å². The summed E-state index contributed by atoms with van der Waals surface area (Å²) < 4.78 is 20.6. The molecule has 2 heterocycles. The molecule has 6 nitrogen and oxygen atoms in total. The molecule has 0 atom stereocenters. The number of halogens is 1. The second-order valence-electron chi connectivity index (χ2n) is 10.4. The van der Waals surface area contributed by atoms with Crippen LogP contribution in [0.1, 0.15) is 69.1 Å². The van der Waals surface area contributed by atoms with E-state index in [-0.39, 0.29) is 30.2 Å². The zero-order valence-electron chi connectivity index (χ0n) is 19.5. The summed E-state index contributed by atoms with van der Waals surface area (Å²) in [6.07, 6.45) is 0. The number of amides is 1. The number of hydrogen-bond acceptors (Lipinski definition) is 4. The topological polar surface area (TPSA) is 64.4 Å². The second-order valence-corrected chi connectivity index (χ2v) is 10.4. The van der Waals surface area contributed by atoms with Gasteiger partial charge in [-0.05, 0) is 24.6 Å². The Kier molecular flexibility index (Phi) is 6.00. The minimum atomic E-state index is -0.641. The molecule has 0 bridgehead atoms. The fourth-order valence-corrected chi connectivity index (χ4v) is 3.53. The predicted molar refractivity (Wildman–Crippen MR) is 117 cm³/mol. The van der Waals surface area contributed by atoms with Crippen molar-refractivity contribution in [2.45, 2.75) is 61.0 Å². The number of carbonyl (C=O) groups excluding carboxylic acids is 2. The lowest BCUT2D eigenvalue weighted by Crippen LogP contribution is -2.52. The van der Waals surface area contributed by atoms with Crippen LogP contribution in [0.5, 0.6) is 5.88 Å². The highest BCUT2D eigenvalue weighted by Crippen LogP contribution is 2.36. The van der Waals surface area contributed by atoms with Crippen molar-refractivity contribution >= 4 is 11.8 Å². The predicted octanol–water partition coefficient (Wildman–Crippen LogP) is 4.57. The van der Waals surface area contributed by atoms with Crippen molar-refractivity contribution < 1.29 is 18.7 Å². The number of carbonyl (C=O) groups is 2. The summed E-state index contributed by atoms with van der Waals surface area (Å²) in [4.78, 5) is 27.4. The summed E-state index contributed by atoms with van der Waals surface area (Å²) in [7, 11) is 0. The maximum Gasteiger partial charge on any atom is 0.255 e. The van der Waals surface area contributed by atoms with Crippen molar-refractivity contribution in [3.05, 3.63) is 46.9 Å². The standard InChI is InChI=1S/C24H32FN3O3/c1-15-19(17-12-27(13-17)21(29)23(2,3)4)26-28(22(30)24(5,6)7)20(15)31-14-16-8-10-18(25)11-9-16/h8-11,17H,12-14H2,1-7H3. The van der Waals surface area contributed by atoms with Gasteiger partial charge in [-0.15, -0.1) is 0 Å².